The largest absolute Gasteiger partial charge is 0.295 e. The molecule has 5 nitrogen and oxygen atoms in total. The number of rotatable bonds is 3. The minimum atomic E-state index is -3.70. The Morgan fingerprint density at radius 2 is 1.88 bits per heavy atom. The van der Waals surface area contributed by atoms with Crippen molar-refractivity contribution in [3.05, 3.63) is 40.9 Å². The molecule has 2 unspecified atom stereocenters. The van der Waals surface area contributed by atoms with Crippen LogP contribution in [0.15, 0.2) is 45.8 Å². The molecule has 25 heavy (non-hydrogen) atoms. The number of carbonyl (C=O) groups is 1. The summed E-state index contributed by atoms with van der Waals surface area (Å²) >= 11 is 5.85. The zero-order valence-corrected chi connectivity index (χ0v) is 16.1. The molecule has 0 fully saturated rings. The van der Waals surface area contributed by atoms with E-state index in [9.17, 15) is 13.2 Å². The van der Waals surface area contributed by atoms with E-state index in [0.29, 0.717) is 17.3 Å². The van der Waals surface area contributed by atoms with Crippen LogP contribution in [0.4, 0.5) is 0 Å². The van der Waals surface area contributed by atoms with Crippen LogP contribution in [-0.2, 0) is 14.8 Å². The number of amidine groups is 1. The molecule has 7 heteroatoms. The first-order valence-electron chi connectivity index (χ1n) is 8.18. The Morgan fingerprint density at radius 3 is 2.48 bits per heavy atom. The Labute approximate surface area is 153 Å². The predicted molar refractivity (Wildman–Crippen MR) is 98.3 cm³/mol. The highest BCUT2D eigenvalue weighted by atomic mass is 35.5. The van der Waals surface area contributed by atoms with Crippen molar-refractivity contribution < 1.29 is 13.2 Å². The van der Waals surface area contributed by atoms with E-state index in [2.05, 4.69) is 4.99 Å². The van der Waals surface area contributed by atoms with E-state index in [4.69, 9.17) is 11.6 Å². The van der Waals surface area contributed by atoms with Crippen molar-refractivity contribution >= 4 is 33.2 Å². The monoisotopic (exact) mass is 380 g/mol. The number of halogens is 1. The molecule has 0 spiro atoms. The van der Waals surface area contributed by atoms with Crippen LogP contribution in [0.3, 0.4) is 0 Å². The highest BCUT2D eigenvalue weighted by molar-refractivity contribution is 7.89. The van der Waals surface area contributed by atoms with Crippen LogP contribution in [0.2, 0.25) is 5.02 Å². The van der Waals surface area contributed by atoms with E-state index in [1.54, 1.807) is 19.1 Å². The van der Waals surface area contributed by atoms with Crippen molar-refractivity contribution in [3.8, 4) is 0 Å². The van der Waals surface area contributed by atoms with E-state index in [1.165, 1.54) is 16.4 Å². The van der Waals surface area contributed by atoms with Crippen LogP contribution in [0, 0.1) is 5.92 Å². The van der Waals surface area contributed by atoms with Crippen molar-refractivity contribution in [2.24, 2.45) is 10.9 Å². The Kier molecular flexibility index (Phi) is 4.54. The summed E-state index contributed by atoms with van der Waals surface area (Å²) in [7, 11) is -3.70. The van der Waals surface area contributed by atoms with Gasteiger partial charge < -0.3 is 0 Å². The number of allylic oxidation sites excluding steroid dienone is 2. The molecule has 3 rings (SSSR count). The quantitative estimate of drug-likeness (QED) is 0.806. The second-order valence-electron chi connectivity index (χ2n) is 6.93. The minimum absolute atomic E-state index is 0.00377. The fourth-order valence-corrected chi connectivity index (χ4v) is 5.13. The number of carbonyl (C=O) groups excluding carboxylic acids is 1. The Bertz CT molecular complexity index is 874. The molecule has 0 aromatic heterocycles. The predicted octanol–water partition coefficient (Wildman–Crippen LogP) is 3.45. The number of aliphatic imine (C=N–C) groups is 1. The van der Waals surface area contributed by atoms with Crippen molar-refractivity contribution in [2.75, 3.05) is 6.54 Å². The lowest BCUT2D eigenvalue weighted by molar-refractivity contribution is -0.117. The molecule has 0 bridgehead atoms. The molecule has 1 aliphatic heterocycles. The zero-order chi connectivity index (χ0) is 18.4. The number of hydrogen-bond donors (Lipinski definition) is 0. The highest BCUT2D eigenvalue weighted by Gasteiger charge is 2.45. The lowest BCUT2D eigenvalue weighted by atomic mass is 9.76. The van der Waals surface area contributed by atoms with Crippen molar-refractivity contribution in [1.29, 1.82) is 0 Å². The van der Waals surface area contributed by atoms with Gasteiger partial charge in [0.2, 0.25) is 0 Å². The summed E-state index contributed by atoms with van der Waals surface area (Å²) in [5.74, 6) is 0.574. The third-order valence-electron chi connectivity index (χ3n) is 5.10. The fourth-order valence-electron chi connectivity index (χ4n) is 3.45. The normalized spacial score (nSPS) is 27.3. The number of ketones is 1. The highest BCUT2D eigenvalue weighted by Crippen LogP contribution is 2.38. The van der Waals surface area contributed by atoms with Crippen LogP contribution in [0.1, 0.15) is 33.6 Å². The zero-order valence-electron chi connectivity index (χ0n) is 14.5. The first-order valence-corrected chi connectivity index (χ1v) is 10.00. The van der Waals surface area contributed by atoms with Gasteiger partial charge in [0.05, 0.1) is 17.0 Å². The maximum atomic E-state index is 13.0. The number of nitrogens with zero attached hydrogens (tertiary/aromatic N) is 2. The first-order chi connectivity index (χ1) is 11.6. The summed E-state index contributed by atoms with van der Waals surface area (Å²) < 4.78 is 27.3. The first kappa shape index (κ1) is 18.1. The summed E-state index contributed by atoms with van der Waals surface area (Å²) in [6.07, 6.45) is 3.08. The standard InChI is InChI=1S/C18H21ClN2O3S/c1-12-4-5-14(10-17(12)22)18(3)11-21(13(2)20-18)25(23,24)16-8-6-15(19)7-9-16/h4,6-9,14H,5,10-11H2,1-3H3. The Balaban J connectivity index is 1.88. The van der Waals surface area contributed by atoms with E-state index < -0.39 is 15.6 Å². The maximum Gasteiger partial charge on any atom is 0.265 e. The molecule has 1 heterocycles. The lowest BCUT2D eigenvalue weighted by Crippen LogP contribution is -2.43. The average molecular weight is 381 g/mol. The Morgan fingerprint density at radius 1 is 1.24 bits per heavy atom. The van der Waals surface area contributed by atoms with Gasteiger partial charge in [-0.05, 0) is 62.9 Å². The number of sulfonamides is 1. The molecular formula is C18H21ClN2O3S. The van der Waals surface area contributed by atoms with Gasteiger partial charge >= 0.3 is 0 Å². The topological polar surface area (TPSA) is 66.8 Å². The molecule has 0 saturated heterocycles. The summed E-state index contributed by atoms with van der Waals surface area (Å²) in [5.41, 5.74) is 0.181. The van der Waals surface area contributed by atoms with Gasteiger partial charge in [-0.15, -0.1) is 0 Å². The fraction of sp³-hybridized carbons (Fsp3) is 0.444. The molecule has 0 amide bonds. The Hall–Kier alpha value is -1.66. The van der Waals surface area contributed by atoms with Gasteiger partial charge in [-0.2, -0.15) is 0 Å². The van der Waals surface area contributed by atoms with Gasteiger partial charge in [-0.25, -0.2) is 8.42 Å². The maximum absolute atomic E-state index is 13.0. The van der Waals surface area contributed by atoms with E-state index in [0.717, 1.165) is 12.0 Å². The molecule has 1 aromatic rings. The number of hydrogen-bond acceptors (Lipinski definition) is 4. The van der Waals surface area contributed by atoms with Crippen molar-refractivity contribution in [2.45, 2.75) is 44.0 Å². The summed E-state index contributed by atoms with van der Waals surface area (Å²) in [4.78, 5) is 16.9. The molecule has 1 aromatic carbocycles. The van der Waals surface area contributed by atoms with Gasteiger partial charge in [0, 0.05) is 11.4 Å². The summed E-state index contributed by atoms with van der Waals surface area (Å²) in [6, 6.07) is 6.11. The van der Waals surface area contributed by atoms with E-state index in [-0.39, 0.29) is 23.1 Å². The number of Topliss-reactive ketones (excluding diaryl/α,β-unsaturated/α-hetero) is 1. The second-order valence-corrected chi connectivity index (χ2v) is 9.23. The molecule has 1 aliphatic carbocycles. The lowest BCUT2D eigenvalue weighted by Gasteiger charge is -2.33. The van der Waals surface area contributed by atoms with Crippen molar-refractivity contribution in [3.63, 3.8) is 0 Å². The van der Waals surface area contributed by atoms with Crippen LogP contribution >= 0.6 is 11.6 Å². The van der Waals surface area contributed by atoms with Crippen LogP contribution < -0.4 is 0 Å². The van der Waals surface area contributed by atoms with Gasteiger partial charge in [0.15, 0.2) is 5.78 Å². The minimum Gasteiger partial charge on any atom is -0.295 e. The van der Waals surface area contributed by atoms with Gasteiger partial charge in [-0.3, -0.25) is 14.1 Å². The third-order valence-corrected chi connectivity index (χ3v) is 7.20. The SMILES string of the molecule is CC1=CCC(C2(C)CN(S(=O)(=O)c3ccc(Cl)cc3)C(C)=N2)CC1=O. The molecule has 0 saturated carbocycles. The molecule has 0 N–H and O–H groups in total. The average Bonchev–Trinajstić information content (AvgIpc) is 2.87. The van der Waals surface area contributed by atoms with Gasteiger partial charge in [0.1, 0.15) is 5.84 Å². The van der Waals surface area contributed by atoms with Crippen molar-refractivity contribution in [1.82, 2.24) is 4.31 Å². The van der Waals surface area contributed by atoms with E-state index >= 15 is 0 Å². The van der Waals surface area contributed by atoms with Gasteiger partial charge in [-0.1, -0.05) is 17.7 Å². The summed E-state index contributed by atoms with van der Waals surface area (Å²) in [6.45, 7) is 5.70. The summed E-state index contributed by atoms with van der Waals surface area (Å²) in [5, 5.41) is 0.485. The smallest absolute Gasteiger partial charge is 0.265 e. The third kappa shape index (κ3) is 3.25. The molecule has 2 atom stereocenters. The van der Waals surface area contributed by atoms with Crippen LogP contribution in [0.25, 0.3) is 0 Å². The van der Waals surface area contributed by atoms with E-state index in [1.807, 2.05) is 19.9 Å². The number of benzene rings is 1. The second kappa shape index (κ2) is 6.25. The molecule has 0 radical (unpaired) electrons. The molecule has 2 aliphatic rings. The molecular weight excluding hydrogens is 360 g/mol. The molecule has 134 valence electrons. The van der Waals surface area contributed by atoms with Crippen LogP contribution in [-0.4, -0.2) is 36.4 Å². The van der Waals surface area contributed by atoms with Crippen LogP contribution in [0.5, 0.6) is 0 Å². The van der Waals surface area contributed by atoms with Gasteiger partial charge in [0.25, 0.3) is 10.0 Å².